The van der Waals surface area contributed by atoms with E-state index in [1.54, 1.807) is 0 Å². The molecule has 0 spiro atoms. The molecule has 1 aromatic rings. The summed E-state index contributed by atoms with van der Waals surface area (Å²) in [5, 5.41) is 10.7. The monoisotopic (exact) mass is 358 g/mol. The van der Waals surface area contributed by atoms with Crippen LogP contribution in [-0.2, 0) is 16.1 Å². The lowest BCUT2D eigenvalue weighted by Crippen LogP contribution is -2.45. The summed E-state index contributed by atoms with van der Waals surface area (Å²) in [4.78, 5) is 35.0. The summed E-state index contributed by atoms with van der Waals surface area (Å²) in [7, 11) is 0. The molecular formula is C19H26N4O3. The molecule has 0 unspecified atom stereocenters. The van der Waals surface area contributed by atoms with E-state index in [0.717, 1.165) is 5.56 Å². The van der Waals surface area contributed by atoms with Crippen LogP contribution in [-0.4, -0.2) is 37.0 Å². The highest BCUT2D eigenvalue weighted by molar-refractivity contribution is 5.86. The van der Waals surface area contributed by atoms with Crippen LogP contribution in [0.15, 0.2) is 30.3 Å². The van der Waals surface area contributed by atoms with E-state index in [9.17, 15) is 14.4 Å². The number of amides is 4. The van der Waals surface area contributed by atoms with Crippen molar-refractivity contribution in [1.82, 2.24) is 21.3 Å². The molecule has 0 saturated carbocycles. The molecule has 0 saturated heterocycles. The van der Waals surface area contributed by atoms with Crippen LogP contribution in [0.2, 0.25) is 0 Å². The molecule has 7 heteroatoms. The number of rotatable bonds is 10. The smallest absolute Gasteiger partial charge is 0.315 e. The van der Waals surface area contributed by atoms with Gasteiger partial charge >= 0.3 is 6.03 Å². The zero-order valence-electron chi connectivity index (χ0n) is 15.0. The van der Waals surface area contributed by atoms with Crippen molar-refractivity contribution >= 4 is 17.8 Å². The fourth-order valence-corrected chi connectivity index (χ4v) is 2.29. The number of hydrogen-bond acceptors (Lipinski definition) is 3. The molecule has 0 bridgehead atoms. The average molecular weight is 358 g/mol. The van der Waals surface area contributed by atoms with Crippen molar-refractivity contribution in [2.24, 2.45) is 0 Å². The van der Waals surface area contributed by atoms with Gasteiger partial charge in [-0.05, 0) is 24.8 Å². The Labute approximate surface area is 154 Å². The van der Waals surface area contributed by atoms with Crippen molar-refractivity contribution in [1.29, 1.82) is 0 Å². The number of benzene rings is 1. The quantitative estimate of drug-likeness (QED) is 0.369. The van der Waals surface area contributed by atoms with E-state index in [-0.39, 0.29) is 24.4 Å². The fraction of sp³-hybridized carbons (Fsp3) is 0.421. The Hall–Kier alpha value is -3.01. The Kier molecular flexibility index (Phi) is 10.0. The topological polar surface area (TPSA) is 99.3 Å². The molecular weight excluding hydrogens is 332 g/mol. The fourth-order valence-electron chi connectivity index (χ4n) is 2.29. The average Bonchev–Trinajstić information content (AvgIpc) is 2.63. The second kappa shape index (κ2) is 12.4. The van der Waals surface area contributed by atoms with Crippen molar-refractivity contribution in [3.05, 3.63) is 35.9 Å². The van der Waals surface area contributed by atoms with Crippen molar-refractivity contribution in [3.63, 3.8) is 0 Å². The van der Waals surface area contributed by atoms with E-state index in [1.165, 1.54) is 6.92 Å². The highest BCUT2D eigenvalue weighted by Crippen LogP contribution is 2.03. The lowest BCUT2D eigenvalue weighted by atomic mass is 10.1. The maximum atomic E-state index is 12.3. The van der Waals surface area contributed by atoms with Crippen LogP contribution < -0.4 is 21.3 Å². The van der Waals surface area contributed by atoms with Gasteiger partial charge in [-0.3, -0.25) is 9.59 Å². The predicted octanol–water partition coefficient (Wildman–Crippen LogP) is 0.910. The van der Waals surface area contributed by atoms with Crippen LogP contribution in [0.3, 0.4) is 0 Å². The summed E-state index contributed by atoms with van der Waals surface area (Å²) >= 11 is 0. The van der Waals surface area contributed by atoms with Gasteiger partial charge in [-0.25, -0.2) is 4.79 Å². The minimum Gasteiger partial charge on any atom is -0.350 e. The predicted molar refractivity (Wildman–Crippen MR) is 100.0 cm³/mol. The number of urea groups is 1. The van der Waals surface area contributed by atoms with Crippen molar-refractivity contribution in [3.8, 4) is 12.3 Å². The molecule has 0 fully saturated rings. The summed E-state index contributed by atoms with van der Waals surface area (Å²) in [6.45, 7) is 2.44. The van der Waals surface area contributed by atoms with Gasteiger partial charge in [0.25, 0.3) is 0 Å². The van der Waals surface area contributed by atoms with Gasteiger partial charge in [0.15, 0.2) is 0 Å². The lowest BCUT2D eigenvalue weighted by Gasteiger charge is -2.17. The molecule has 4 N–H and O–H groups in total. The summed E-state index contributed by atoms with van der Waals surface area (Å²) < 4.78 is 0. The molecule has 4 amide bonds. The Morgan fingerprint density at radius 3 is 2.46 bits per heavy atom. The molecule has 0 aliphatic rings. The third-order valence-electron chi connectivity index (χ3n) is 3.56. The minimum absolute atomic E-state index is 0.179. The lowest BCUT2D eigenvalue weighted by molar-refractivity contribution is -0.128. The maximum Gasteiger partial charge on any atom is 0.315 e. The molecule has 0 aliphatic heterocycles. The number of nitrogens with one attached hydrogen (secondary N) is 4. The largest absolute Gasteiger partial charge is 0.350 e. The van der Waals surface area contributed by atoms with Crippen molar-refractivity contribution < 1.29 is 14.4 Å². The molecule has 0 aromatic heterocycles. The number of carbonyl (C=O) groups excluding carboxylic acids is 3. The SMILES string of the molecule is C#CCNC(=O)NCCCC[C@H](NC(C)=O)C(=O)NCc1ccccc1. The first-order chi connectivity index (χ1) is 12.5. The van der Waals surface area contributed by atoms with Gasteiger partial charge in [0.2, 0.25) is 11.8 Å². The normalized spacial score (nSPS) is 10.9. The summed E-state index contributed by atoms with van der Waals surface area (Å²) in [5.41, 5.74) is 0.990. The first-order valence-electron chi connectivity index (χ1n) is 8.57. The Bertz CT molecular complexity index is 625. The van der Waals surface area contributed by atoms with E-state index in [1.807, 2.05) is 30.3 Å². The standard InChI is InChI=1S/C19H26N4O3/c1-3-12-20-19(26)21-13-8-7-11-17(23-15(2)24)18(25)22-14-16-9-5-4-6-10-16/h1,4-6,9-10,17H,7-8,11-14H2,2H3,(H,22,25)(H,23,24)(H2,20,21,26)/t17-/m0/s1. The van der Waals surface area contributed by atoms with Crippen LogP contribution in [0, 0.1) is 12.3 Å². The van der Waals surface area contributed by atoms with Gasteiger partial charge < -0.3 is 21.3 Å². The number of terminal acetylenes is 1. The van der Waals surface area contributed by atoms with Gasteiger partial charge in [0, 0.05) is 20.0 Å². The summed E-state index contributed by atoms with van der Waals surface area (Å²) in [6.07, 6.45) is 6.91. The van der Waals surface area contributed by atoms with E-state index < -0.39 is 6.04 Å². The molecule has 0 aliphatic carbocycles. The van der Waals surface area contributed by atoms with E-state index in [0.29, 0.717) is 32.4 Å². The number of carbonyl (C=O) groups is 3. The molecule has 1 rings (SSSR count). The van der Waals surface area contributed by atoms with E-state index in [4.69, 9.17) is 6.42 Å². The highest BCUT2D eigenvalue weighted by atomic mass is 16.2. The minimum atomic E-state index is -0.591. The van der Waals surface area contributed by atoms with Crippen LogP contribution >= 0.6 is 0 Å². The summed E-state index contributed by atoms with van der Waals surface area (Å²) in [5.74, 6) is 1.84. The third kappa shape index (κ3) is 9.33. The second-order valence-corrected chi connectivity index (χ2v) is 5.77. The Balaban J connectivity index is 2.34. The molecule has 0 heterocycles. The van der Waals surface area contributed by atoms with Crippen LogP contribution in [0.4, 0.5) is 4.79 Å². The van der Waals surface area contributed by atoms with Gasteiger partial charge in [0.05, 0.1) is 6.54 Å². The molecule has 1 atom stereocenters. The number of hydrogen-bond donors (Lipinski definition) is 4. The van der Waals surface area contributed by atoms with Crippen LogP contribution in [0.25, 0.3) is 0 Å². The van der Waals surface area contributed by atoms with E-state index in [2.05, 4.69) is 27.2 Å². The number of unbranched alkanes of at least 4 members (excludes halogenated alkanes) is 1. The van der Waals surface area contributed by atoms with Crippen LogP contribution in [0.5, 0.6) is 0 Å². The highest BCUT2D eigenvalue weighted by Gasteiger charge is 2.18. The first-order valence-corrected chi connectivity index (χ1v) is 8.57. The van der Waals surface area contributed by atoms with Crippen molar-refractivity contribution in [2.75, 3.05) is 13.1 Å². The molecule has 0 radical (unpaired) electrons. The maximum absolute atomic E-state index is 12.3. The first kappa shape index (κ1) is 21.0. The van der Waals surface area contributed by atoms with E-state index >= 15 is 0 Å². The molecule has 140 valence electrons. The van der Waals surface area contributed by atoms with Crippen molar-refractivity contribution in [2.45, 2.75) is 38.8 Å². The third-order valence-corrected chi connectivity index (χ3v) is 3.56. The second-order valence-electron chi connectivity index (χ2n) is 5.77. The van der Waals surface area contributed by atoms with Gasteiger partial charge in [-0.1, -0.05) is 36.3 Å². The van der Waals surface area contributed by atoms with Gasteiger partial charge in [-0.2, -0.15) is 0 Å². The summed E-state index contributed by atoms with van der Waals surface area (Å²) in [6, 6.07) is 8.65. The molecule has 26 heavy (non-hydrogen) atoms. The molecule has 1 aromatic carbocycles. The Morgan fingerprint density at radius 1 is 1.08 bits per heavy atom. The zero-order chi connectivity index (χ0) is 19.2. The van der Waals surface area contributed by atoms with Gasteiger partial charge in [-0.15, -0.1) is 6.42 Å². The van der Waals surface area contributed by atoms with Gasteiger partial charge in [0.1, 0.15) is 6.04 Å². The van der Waals surface area contributed by atoms with Crippen LogP contribution in [0.1, 0.15) is 31.7 Å². The Morgan fingerprint density at radius 2 is 1.81 bits per heavy atom. The zero-order valence-corrected chi connectivity index (χ0v) is 15.0. The molecule has 7 nitrogen and oxygen atoms in total.